The monoisotopic (exact) mass is 254 g/mol. The molecule has 0 unspecified atom stereocenters. The lowest BCUT2D eigenvalue weighted by atomic mass is 10.3. The van der Waals surface area contributed by atoms with Crippen LogP contribution in [0.3, 0.4) is 0 Å². The number of hydrogen-bond acceptors (Lipinski definition) is 4. The Labute approximate surface area is 105 Å². The van der Waals surface area contributed by atoms with Crippen molar-refractivity contribution >= 4 is 23.3 Å². The first-order valence-corrected chi connectivity index (χ1v) is 5.90. The number of nitrogens with zero attached hydrogens (tertiary/aromatic N) is 3. The van der Waals surface area contributed by atoms with Crippen molar-refractivity contribution < 1.29 is 4.79 Å². The number of carbonyl (C=O) groups is 1. The Morgan fingerprint density at radius 1 is 1.53 bits per heavy atom. The van der Waals surface area contributed by atoms with Crippen molar-refractivity contribution in [2.45, 2.75) is 25.7 Å². The molecule has 1 heterocycles. The Bertz CT molecular complexity index is 459. The topological polar surface area (TPSA) is 72.1 Å². The molecule has 2 rings (SSSR count). The van der Waals surface area contributed by atoms with E-state index in [1.165, 1.54) is 0 Å². The summed E-state index contributed by atoms with van der Waals surface area (Å²) < 4.78 is 0. The molecule has 6 heteroatoms. The average molecular weight is 255 g/mol. The van der Waals surface area contributed by atoms with Crippen LogP contribution in [-0.4, -0.2) is 29.5 Å². The van der Waals surface area contributed by atoms with Gasteiger partial charge in [-0.05, 0) is 19.8 Å². The number of carbonyl (C=O) groups excluding carboxylic acids is 1. The number of halogens is 1. The smallest absolute Gasteiger partial charge is 0.236 e. The van der Waals surface area contributed by atoms with E-state index in [9.17, 15) is 4.79 Å². The Hall–Kier alpha value is -1.36. The third kappa shape index (κ3) is 2.66. The van der Waals surface area contributed by atoms with Gasteiger partial charge in [0.05, 0.1) is 6.54 Å². The molecule has 1 aromatic rings. The summed E-state index contributed by atoms with van der Waals surface area (Å²) in [6, 6.07) is 0. The normalized spacial score (nSPS) is 14.8. The lowest BCUT2D eigenvalue weighted by molar-refractivity contribution is -0.116. The summed E-state index contributed by atoms with van der Waals surface area (Å²) >= 11 is 6.08. The molecule has 1 saturated carbocycles. The lowest BCUT2D eigenvalue weighted by Crippen LogP contribution is -2.31. The minimum Gasteiger partial charge on any atom is -0.368 e. The average Bonchev–Trinajstić information content (AvgIpc) is 3.04. The van der Waals surface area contributed by atoms with Gasteiger partial charge in [0.15, 0.2) is 0 Å². The molecule has 1 aliphatic rings. The van der Waals surface area contributed by atoms with Gasteiger partial charge in [0.25, 0.3) is 0 Å². The number of nitrogens with two attached hydrogens (primary N) is 1. The van der Waals surface area contributed by atoms with Gasteiger partial charge in [0.2, 0.25) is 5.91 Å². The van der Waals surface area contributed by atoms with Crippen molar-refractivity contribution in [1.29, 1.82) is 0 Å². The third-order valence-corrected chi connectivity index (χ3v) is 3.14. The first kappa shape index (κ1) is 12.1. The minimum absolute atomic E-state index is 0.123. The zero-order chi connectivity index (χ0) is 12.6. The number of anilines is 1. The summed E-state index contributed by atoms with van der Waals surface area (Å²) in [6.45, 7) is 1.96. The second-order valence-electron chi connectivity index (χ2n) is 4.42. The van der Waals surface area contributed by atoms with Gasteiger partial charge in [0, 0.05) is 18.5 Å². The number of likely N-dealkylation sites (N-methyl/N-ethyl adjacent to an activating group) is 1. The van der Waals surface area contributed by atoms with E-state index in [1.807, 2.05) is 6.92 Å². The fraction of sp³-hybridized carbons (Fsp3) is 0.545. The summed E-state index contributed by atoms with van der Waals surface area (Å²) in [5, 5.41) is 0.452. The predicted molar refractivity (Wildman–Crippen MR) is 66.2 cm³/mol. The number of hydrogen-bond donors (Lipinski definition) is 1. The van der Waals surface area contributed by atoms with Crippen LogP contribution in [0.2, 0.25) is 5.15 Å². The van der Waals surface area contributed by atoms with Crippen molar-refractivity contribution in [1.82, 2.24) is 9.97 Å². The molecule has 92 valence electrons. The van der Waals surface area contributed by atoms with Gasteiger partial charge in [-0.2, -0.15) is 0 Å². The molecule has 1 aliphatic carbocycles. The standard InChI is InChI=1S/C11H15ClN4O/c1-6-9(12)14-10(7-3-4-7)15-11(6)16(2)5-8(13)17/h7H,3-5H2,1-2H3,(H2,13,17). The molecular formula is C11H15ClN4O. The largest absolute Gasteiger partial charge is 0.368 e. The van der Waals surface area contributed by atoms with Crippen molar-refractivity contribution in [3.8, 4) is 0 Å². The zero-order valence-corrected chi connectivity index (χ0v) is 10.7. The van der Waals surface area contributed by atoms with Crippen LogP contribution >= 0.6 is 11.6 Å². The first-order valence-electron chi connectivity index (χ1n) is 5.52. The van der Waals surface area contributed by atoms with Crippen LogP contribution in [0.4, 0.5) is 5.82 Å². The predicted octanol–water partition coefficient (Wildman–Crippen LogP) is 1.24. The van der Waals surface area contributed by atoms with E-state index in [2.05, 4.69) is 9.97 Å². The molecule has 0 aromatic carbocycles. The maximum atomic E-state index is 10.9. The minimum atomic E-state index is -0.394. The molecule has 1 aromatic heterocycles. The Morgan fingerprint density at radius 2 is 2.18 bits per heavy atom. The maximum Gasteiger partial charge on any atom is 0.236 e. The molecule has 0 bridgehead atoms. The van der Waals surface area contributed by atoms with Crippen LogP contribution in [0.1, 0.15) is 30.1 Å². The van der Waals surface area contributed by atoms with Crippen LogP contribution in [0.25, 0.3) is 0 Å². The van der Waals surface area contributed by atoms with E-state index in [4.69, 9.17) is 17.3 Å². The van der Waals surface area contributed by atoms with E-state index in [0.29, 0.717) is 16.9 Å². The van der Waals surface area contributed by atoms with Gasteiger partial charge in [-0.1, -0.05) is 11.6 Å². The number of aromatic nitrogens is 2. The van der Waals surface area contributed by atoms with Crippen LogP contribution in [-0.2, 0) is 4.79 Å². The molecule has 5 nitrogen and oxygen atoms in total. The van der Waals surface area contributed by atoms with Crippen LogP contribution in [0, 0.1) is 6.92 Å². The van der Waals surface area contributed by atoms with E-state index in [0.717, 1.165) is 24.2 Å². The number of amides is 1. The van der Waals surface area contributed by atoms with E-state index >= 15 is 0 Å². The van der Waals surface area contributed by atoms with Gasteiger partial charge in [-0.3, -0.25) is 4.79 Å². The first-order chi connectivity index (χ1) is 7.99. The van der Waals surface area contributed by atoms with Gasteiger partial charge >= 0.3 is 0 Å². The molecule has 0 radical (unpaired) electrons. The molecular weight excluding hydrogens is 240 g/mol. The summed E-state index contributed by atoms with van der Waals surface area (Å²) in [7, 11) is 1.77. The molecule has 2 N–H and O–H groups in total. The number of primary amides is 1. The van der Waals surface area contributed by atoms with Crippen LogP contribution in [0.5, 0.6) is 0 Å². The van der Waals surface area contributed by atoms with Crippen molar-refractivity contribution in [2.24, 2.45) is 5.73 Å². The van der Waals surface area contributed by atoms with Crippen molar-refractivity contribution in [3.05, 3.63) is 16.5 Å². The van der Waals surface area contributed by atoms with E-state index in [-0.39, 0.29) is 6.54 Å². The van der Waals surface area contributed by atoms with Crippen molar-refractivity contribution in [2.75, 3.05) is 18.5 Å². The Balaban J connectivity index is 2.33. The van der Waals surface area contributed by atoms with Gasteiger partial charge < -0.3 is 10.6 Å². The highest BCUT2D eigenvalue weighted by Gasteiger charge is 2.28. The van der Waals surface area contributed by atoms with Gasteiger partial charge in [0.1, 0.15) is 16.8 Å². The van der Waals surface area contributed by atoms with Crippen LogP contribution in [0.15, 0.2) is 0 Å². The van der Waals surface area contributed by atoms with Gasteiger partial charge in [-0.15, -0.1) is 0 Å². The molecule has 17 heavy (non-hydrogen) atoms. The summed E-state index contributed by atoms with van der Waals surface area (Å²) in [5.41, 5.74) is 5.95. The lowest BCUT2D eigenvalue weighted by Gasteiger charge is -2.19. The SMILES string of the molecule is Cc1c(Cl)nc(C2CC2)nc1N(C)CC(N)=O. The third-order valence-electron chi connectivity index (χ3n) is 2.78. The Kier molecular flexibility index (Phi) is 3.19. The highest BCUT2D eigenvalue weighted by atomic mass is 35.5. The fourth-order valence-electron chi connectivity index (χ4n) is 1.70. The quantitative estimate of drug-likeness (QED) is 0.821. The second kappa shape index (κ2) is 4.49. The molecule has 0 atom stereocenters. The molecule has 0 spiro atoms. The molecule has 0 saturated heterocycles. The Morgan fingerprint density at radius 3 is 2.71 bits per heavy atom. The zero-order valence-electron chi connectivity index (χ0n) is 9.90. The highest BCUT2D eigenvalue weighted by Crippen LogP contribution is 2.39. The molecule has 1 amide bonds. The molecule has 0 aliphatic heterocycles. The second-order valence-corrected chi connectivity index (χ2v) is 4.78. The van der Waals surface area contributed by atoms with Crippen molar-refractivity contribution in [3.63, 3.8) is 0 Å². The highest BCUT2D eigenvalue weighted by molar-refractivity contribution is 6.30. The summed E-state index contributed by atoms with van der Waals surface area (Å²) in [6.07, 6.45) is 2.22. The van der Waals surface area contributed by atoms with E-state index in [1.54, 1.807) is 11.9 Å². The van der Waals surface area contributed by atoms with Crippen LogP contribution < -0.4 is 10.6 Å². The fourth-order valence-corrected chi connectivity index (χ4v) is 1.87. The summed E-state index contributed by atoms with van der Waals surface area (Å²) in [5.74, 6) is 1.49. The van der Waals surface area contributed by atoms with E-state index < -0.39 is 5.91 Å². The summed E-state index contributed by atoms with van der Waals surface area (Å²) in [4.78, 5) is 21.4. The van der Waals surface area contributed by atoms with Gasteiger partial charge in [-0.25, -0.2) is 9.97 Å². The number of rotatable bonds is 4. The maximum absolute atomic E-state index is 10.9. The molecule has 1 fully saturated rings.